The van der Waals surface area contributed by atoms with Gasteiger partial charge in [-0.3, -0.25) is 0 Å². The zero-order valence-electron chi connectivity index (χ0n) is 16.7. The lowest BCUT2D eigenvalue weighted by molar-refractivity contribution is 0.0366. The lowest BCUT2D eigenvalue weighted by Gasteiger charge is -2.13. The number of imidazole rings is 1. The summed E-state index contributed by atoms with van der Waals surface area (Å²) in [7, 11) is 0. The summed E-state index contributed by atoms with van der Waals surface area (Å²) in [5.41, 5.74) is 4.17. The van der Waals surface area contributed by atoms with Gasteiger partial charge < -0.3 is 9.88 Å². The smallest absolute Gasteiger partial charge is 0.262 e. The molecular weight excluding hydrogens is 379 g/mol. The number of hydrogen-bond acceptors (Lipinski definition) is 4. The van der Waals surface area contributed by atoms with Crippen LogP contribution in [0.2, 0.25) is 0 Å². The van der Waals surface area contributed by atoms with Crippen LogP contribution >= 0.6 is 0 Å². The van der Waals surface area contributed by atoms with Crippen LogP contribution in [-0.2, 0) is 6.42 Å². The Morgan fingerprint density at radius 1 is 1.24 bits per heavy atom. The first-order chi connectivity index (χ1) is 13.6. The first kappa shape index (κ1) is 19.4. The summed E-state index contributed by atoms with van der Waals surface area (Å²) in [5, 5.41) is 2.56. The van der Waals surface area contributed by atoms with Crippen molar-refractivity contribution in [1.29, 1.82) is 0 Å². The Hall–Kier alpha value is -2.90. The lowest BCUT2D eigenvalue weighted by atomic mass is 10.0. The van der Waals surface area contributed by atoms with E-state index in [9.17, 15) is 13.2 Å². The number of allylic oxidation sites excluding steroid dienone is 1. The van der Waals surface area contributed by atoms with Gasteiger partial charge in [-0.05, 0) is 44.0 Å². The summed E-state index contributed by atoms with van der Waals surface area (Å²) in [6.45, 7) is 6.23. The van der Waals surface area contributed by atoms with Crippen LogP contribution in [0, 0.1) is 12.7 Å². The predicted octanol–water partition coefficient (Wildman–Crippen LogP) is 4.91. The number of benzene rings is 1. The van der Waals surface area contributed by atoms with Crippen molar-refractivity contribution >= 4 is 22.6 Å². The molecule has 0 fully saturated rings. The zero-order chi connectivity index (χ0) is 20.9. The summed E-state index contributed by atoms with van der Waals surface area (Å²) in [6, 6.07) is 3.56. The Balaban J connectivity index is 1.71. The topological polar surface area (TPSA) is 55.6 Å². The molecule has 2 aromatic heterocycles. The molecule has 4 rings (SSSR count). The lowest BCUT2D eigenvalue weighted by Crippen LogP contribution is -2.24. The fraction of sp³-hybridized carbons (Fsp3) is 0.381. The molecule has 1 aliphatic carbocycles. The second kappa shape index (κ2) is 6.86. The monoisotopic (exact) mass is 401 g/mol. The Morgan fingerprint density at radius 2 is 2.00 bits per heavy atom. The SMILES string of the molecule is Cc1nc2c(F)cc(C3=CCc4nc(NCC(C)(F)F)ncc43)cc2n1C(C)C. The highest BCUT2D eigenvalue weighted by Gasteiger charge is 2.24. The minimum Gasteiger partial charge on any atom is -0.348 e. The highest BCUT2D eigenvalue weighted by atomic mass is 19.3. The number of hydrogen-bond donors (Lipinski definition) is 1. The van der Waals surface area contributed by atoms with Gasteiger partial charge >= 0.3 is 0 Å². The van der Waals surface area contributed by atoms with E-state index < -0.39 is 12.5 Å². The summed E-state index contributed by atoms with van der Waals surface area (Å²) in [6.07, 6.45) is 4.10. The van der Waals surface area contributed by atoms with Gasteiger partial charge in [-0.2, -0.15) is 0 Å². The normalized spacial score (nSPS) is 13.9. The molecule has 1 aromatic carbocycles. The van der Waals surface area contributed by atoms with E-state index >= 15 is 0 Å². The van der Waals surface area contributed by atoms with Gasteiger partial charge in [0, 0.05) is 31.1 Å². The fourth-order valence-corrected chi connectivity index (χ4v) is 3.78. The van der Waals surface area contributed by atoms with Crippen LogP contribution in [0.4, 0.5) is 19.1 Å². The van der Waals surface area contributed by atoms with Crippen molar-refractivity contribution in [2.24, 2.45) is 0 Å². The van der Waals surface area contributed by atoms with Crippen molar-refractivity contribution in [3.8, 4) is 0 Å². The molecule has 0 bridgehead atoms. The van der Waals surface area contributed by atoms with Crippen LogP contribution in [0.15, 0.2) is 24.4 Å². The Kier molecular flexibility index (Phi) is 4.59. The number of fused-ring (bicyclic) bond motifs is 2. The highest BCUT2D eigenvalue weighted by molar-refractivity contribution is 5.89. The molecule has 0 aliphatic heterocycles. The van der Waals surface area contributed by atoms with Crippen LogP contribution in [0.25, 0.3) is 16.6 Å². The number of alkyl halides is 2. The summed E-state index contributed by atoms with van der Waals surface area (Å²) >= 11 is 0. The van der Waals surface area contributed by atoms with Gasteiger partial charge in [0.2, 0.25) is 5.95 Å². The Morgan fingerprint density at radius 3 is 2.69 bits per heavy atom. The van der Waals surface area contributed by atoms with Gasteiger partial charge in [-0.1, -0.05) is 6.08 Å². The van der Waals surface area contributed by atoms with Gasteiger partial charge in [-0.15, -0.1) is 0 Å². The average molecular weight is 401 g/mol. The molecule has 0 unspecified atom stereocenters. The van der Waals surface area contributed by atoms with E-state index in [4.69, 9.17) is 0 Å². The number of halogens is 3. The quantitative estimate of drug-likeness (QED) is 0.660. The van der Waals surface area contributed by atoms with Gasteiger partial charge in [0.1, 0.15) is 11.3 Å². The number of rotatable bonds is 5. The van der Waals surface area contributed by atoms with Crippen LogP contribution in [0.1, 0.15) is 49.5 Å². The third-order valence-electron chi connectivity index (χ3n) is 4.97. The zero-order valence-corrected chi connectivity index (χ0v) is 16.7. The van der Waals surface area contributed by atoms with E-state index in [-0.39, 0.29) is 17.8 Å². The Labute approximate surface area is 166 Å². The van der Waals surface area contributed by atoms with Gasteiger partial charge in [0.25, 0.3) is 5.92 Å². The maximum atomic E-state index is 14.8. The molecule has 8 heteroatoms. The molecule has 2 heterocycles. The molecular formula is C21H22F3N5. The number of anilines is 1. The molecule has 0 atom stereocenters. The molecule has 5 nitrogen and oxygen atoms in total. The maximum absolute atomic E-state index is 14.8. The second-order valence-electron chi connectivity index (χ2n) is 7.75. The van der Waals surface area contributed by atoms with Crippen molar-refractivity contribution < 1.29 is 13.2 Å². The van der Waals surface area contributed by atoms with Gasteiger partial charge in [-0.25, -0.2) is 28.1 Å². The van der Waals surface area contributed by atoms with E-state index in [0.29, 0.717) is 11.9 Å². The van der Waals surface area contributed by atoms with E-state index in [2.05, 4.69) is 20.3 Å². The fourth-order valence-electron chi connectivity index (χ4n) is 3.78. The first-order valence-corrected chi connectivity index (χ1v) is 9.50. The summed E-state index contributed by atoms with van der Waals surface area (Å²) in [5.74, 6) is -2.30. The Bertz CT molecular complexity index is 1130. The van der Waals surface area contributed by atoms with Crippen LogP contribution in [0.5, 0.6) is 0 Å². The molecule has 3 aromatic rings. The predicted molar refractivity (Wildman–Crippen MR) is 107 cm³/mol. The minimum atomic E-state index is -2.85. The number of aryl methyl sites for hydroxylation is 1. The van der Waals surface area contributed by atoms with Crippen molar-refractivity contribution in [2.45, 2.75) is 46.1 Å². The summed E-state index contributed by atoms with van der Waals surface area (Å²) < 4.78 is 42.9. The highest BCUT2D eigenvalue weighted by Crippen LogP contribution is 2.35. The first-order valence-electron chi connectivity index (χ1n) is 9.50. The van der Waals surface area contributed by atoms with Crippen LogP contribution in [0.3, 0.4) is 0 Å². The summed E-state index contributed by atoms with van der Waals surface area (Å²) in [4.78, 5) is 12.9. The molecule has 0 saturated heterocycles. The molecule has 1 N–H and O–H groups in total. The molecule has 0 radical (unpaired) electrons. The average Bonchev–Trinajstić information content (AvgIpc) is 3.19. The molecule has 0 spiro atoms. The standard InChI is InChI=1S/C21H22F3N5/c1-11(2)29-12(3)27-19-16(22)7-13(8-18(19)29)14-5-6-17-15(14)9-25-20(28-17)26-10-21(4,23)24/h5,7-9,11H,6,10H2,1-4H3,(H,25,26,28). The molecule has 1 aliphatic rings. The molecule has 0 amide bonds. The number of nitrogens with one attached hydrogen (secondary N) is 1. The van der Waals surface area contributed by atoms with E-state index in [1.807, 2.05) is 37.5 Å². The number of aromatic nitrogens is 4. The minimum absolute atomic E-state index is 0.146. The third-order valence-corrected chi connectivity index (χ3v) is 4.97. The maximum Gasteiger partial charge on any atom is 0.262 e. The largest absolute Gasteiger partial charge is 0.348 e. The van der Waals surface area contributed by atoms with E-state index in [1.54, 1.807) is 6.20 Å². The van der Waals surface area contributed by atoms with Crippen molar-refractivity contribution in [3.05, 3.63) is 52.9 Å². The van der Waals surface area contributed by atoms with E-state index in [0.717, 1.165) is 40.7 Å². The van der Waals surface area contributed by atoms with Crippen molar-refractivity contribution in [2.75, 3.05) is 11.9 Å². The molecule has 152 valence electrons. The number of nitrogens with zero attached hydrogens (tertiary/aromatic N) is 4. The van der Waals surface area contributed by atoms with E-state index in [1.165, 1.54) is 6.07 Å². The van der Waals surface area contributed by atoms with Crippen LogP contribution in [-0.4, -0.2) is 32.0 Å². The molecule has 29 heavy (non-hydrogen) atoms. The molecule has 0 saturated carbocycles. The second-order valence-corrected chi connectivity index (χ2v) is 7.75. The van der Waals surface area contributed by atoms with Gasteiger partial charge in [0.15, 0.2) is 5.82 Å². The van der Waals surface area contributed by atoms with Crippen molar-refractivity contribution in [1.82, 2.24) is 19.5 Å². The van der Waals surface area contributed by atoms with Gasteiger partial charge in [0.05, 0.1) is 17.8 Å². The third kappa shape index (κ3) is 3.59. The van der Waals surface area contributed by atoms with Crippen LogP contribution < -0.4 is 5.32 Å². The van der Waals surface area contributed by atoms with Crippen molar-refractivity contribution in [3.63, 3.8) is 0 Å².